The Morgan fingerprint density at radius 3 is 2.65 bits per heavy atom. The summed E-state index contributed by atoms with van der Waals surface area (Å²) in [5.41, 5.74) is 0. The molecule has 17 heavy (non-hydrogen) atoms. The molecule has 1 N–H and O–H groups in total. The highest BCUT2D eigenvalue weighted by molar-refractivity contribution is 5.67. The zero-order valence-electron chi connectivity index (χ0n) is 10.9. The Kier molecular flexibility index (Phi) is 6.47. The van der Waals surface area contributed by atoms with E-state index in [0.29, 0.717) is 0 Å². The molecule has 1 heterocycles. The maximum absolute atomic E-state index is 10.7. The van der Waals surface area contributed by atoms with Crippen LogP contribution in [0.5, 0.6) is 0 Å². The molecule has 1 unspecified atom stereocenters. The molecule has 5 heteroatoms. The third-order valence-electron chi connectivity index (χ3n) is 3.31. The van der Waals surface area contributed by atoms with Crippen molar-refractivity contribution >= 4 is 5.97 Å². The number of likely N-dealkylation sites (N-methyl/N-ethyl adjacent to an activating group) is 1. The van der Waals surface area contributed by atoms with Crippen LogP contribution in [0.1, 0.15) is 20.3 Å². The molecule has 5 nitrogen and oxygen atoms in total. The highest BCUT2D eigenvalue weighted by Gasteiger charge is 2.17. The number of carbonyl (C=O) groups is 1. The fourth-order valence-electron chi connectivity index (χ4n) is 2.17. The summed E-state index contributed by atoms with van der Waals surface area (Å²) in [4.78, 5) is 15.3. The lowest BCUT2D eigenvalue weighted by Gasteiger charge is -2.32. The first-order valence-electron chi connectivity index (χ1n) is 6.39. The van der Waals surface area contributed by atoms with E-state index in [1.807, 2.05) is 6.92 Å². The minimum Gasteiger partial charge on any atom is -0.481 e. The SMILES string of the molecule is CCN(CCN1CCOCC1)C(C)CC(=O)O. The van der Waals surface area contributed by atoms with Crippen LogP contribution in [0, 0.1) is 0 Å². The molecule has 100 valence electrons. The maximum Gasteiger partial charge on any atom is 0.304 e. The normalized spacial score (nSPS) is 19.5. The predicted molar refractivity (Wildman–Crippen MR) is 66.2 cm³/mol. The van der Waals surface area contributed by atoms with E-state index in [-0.39, 0.29) is 12.5 Å². The fourth-order valence-corrected chi connectivity index (χ4v) is 2.17. The number of carboxylic acid groups (broad SMARTS) is 1. The first-order chi connectivity index (χ1) is 8.13. The van der Waals surface area contributed by atoms with E-state index in [1.165, 1.54) is 0 Å². The Hall–Kier alpha value is -0.650. The third kappa shape index (κ3) is 5.48. The van der Waals surface area contributed by atoms with Crippen LogP contribution in [0.4, 0.5) is 0 Å². The summed E-state index contributed by atoms with van der Waals surface area (Å²) in [5, 5.41) is 8.79. The zero-order chi connectivity index (χ0) is 12.7. The van der Waals surface area contributed by atoms with Crippen LogP contribution in [-0.4, -0.2) is 72.9 Å². The van der Waals surface area contributed by atoms with Crippen molar-refractivity contribution in [2.24, 2.45) is 0 Å². The molecule has 1 aliphatic rings. The van der Waals surface area contributed by atoms with E-state index < -0.39 is 5.97 Å². The van der Waals surface area contributed by atoms with Crippen molar-refractivity contribution < 1.29 is 14.6 Å². The molecule has 0 aromatic rings. The standard InChI is InChI=1S/C12H24N2O3/c1-3-14(11(2)10-12(15)16)5-4-13-6-8-17-9-7-13/h11H,3-10H2,1-2H3,(H,15,16). The summed E-state index contributed by atoms with van der Waals surface area (Å²) in [5.74, 6) is -0.720. The van der Waals surface area contributed by atoms with Crippen molar-refractivity contribution in [3.8, 4) is 0 Å². The number of ether oxygens (including phenoxy) is 1. The molecule has 0 amide bonds. The van der Waals surface area contributed by atoms with E-state index in [1.54, 1.807) is 0 Å². The number of morpholine rings is 1. The van der Waals surface area contributed by atoms with Gasteiger partial charge in [-0.1, -0.05) is 6.92 Å². The third-order valence-corrected chi connectivity index (χ3v) is 3.31. The highest BCUT2D eigenvalue weighted by atomic mass is 16.5. The number of nitrogens with zero attached hydrogens (tertiary/aromatic N) is 2. The highest BCUT2D eigenvalue weighted by Crippen LogP contribution is 2.05. The second kappa shape index (κ2) is 7.63. The molecule has 0 aromatic heterocycles. The van der Waals surface area contributed by atoms with Gasteiger partial charge < -0.3 is 9.84 Å². The first kappa shape index (κ1) is 14.4. The Labute approximate surface area is 103 Å². The largest absolute Gasteiger partial charge is 0.481 e. The summed E-state index contributed by atoms with van der Waals surface area (Å²) in [7, 11) is 0. The van der Waals surface area contributed by atoms with Gasteiger partial charge >= 0.3 is 5.97 Å². The molecule has 1 fully saturated rings. The molecule has 1 rings (SSSR count). The number of hydrogen-bond donors (Lipinski definition) is 1. The summed E-state index contributed by atoms with van der Waals surface area (Å²) in [6.07, 6.45) is 0.219. The molecule has 0 saturated carbocycles. The zero-order valence-corrected chi connectivity index (χ0v) is 10.9. The molecule has 1 saturated heterocycles. The van der Waals surface area contributed by atoms with Crippen LogP contribution in [0.15, 0.2) is 0 Å². The first-order valence-corrected chi connectivity index (χ1v) is 6.39. The molecule has 0 aromatic carbocycles. The van der Waals surface area contributed by atoms with Gasteiger partial charge in [0, 0.05) is 32.2 Å². The summed E-state index contributed by atoms with van der Waals surface area (Å²) < 4.78 is 5.30. The molecule has 0 radical (unpaired) electrons. The van der Waals surface area contributed by atoms with Crippen LogP contribution < -0.4 is 0 Å². The number of carboxylic acids is 1. The van der Waals surface area contributed by atoms with Gasteiger partial charge in [0.25, 0.3) is 0 Å². The molecule has 1 atom stereocenters. The summed E-state index contributed by atoms with van der Waals surface area (Å²) in [6, 6.07) is 0.110. The van der Waals surface area contributed by atoms with Gasteiger partial charge in [-0.15, -0.1) is 0 Å². The predicted octanol–water partition coefficient (Wildman–Crippen LogP) is 0.504. The quantitative estimate of drug-likeness (QED) is 0.707. The van der Waals surface area contributed by atoms with Crippen LogP contribution in [-0.2, 0) is 9.53 Å². The fraction of sp³-hybridized carbons (Fsp3) is 0.917. The van der Waals surface area contributed by atoms with E-state index >= 15 is 0 Å². The lowest BCUT2D eigenvalue weighted by Crippen LogP contribution is -2.44. The van der Waals surface area contributed by atoms with Gasteiger partial charge in [0.05, 0.1) is 19.6 Å². The van der Waals surface area contributed by atoms with E-state index in [2.05, 4.69) is 16.7 Å². The van der Waals surface area contributed by atoms with Gasteiger partial charge in [-0.3, -0.25) is 14.6 Å². The van der Waals surface area contributed by atoms with Gasteiger partial charge in [-0.2, -0.15) is 0 Å². The summed E-state index contributed by atoms with van der Waals surface area (Å²) in [6.45, 7) is 10.5. The Bertz CT molecular complexity index is 230. The van der Waals surface area contributed by atoms with Gasteiger partial charge in [0.15, 0.2) is 0 Å². The smallest absolute Gasteiger partial charge is 0.304 e. The molecule has 0 aliphatic carbocycles. The van der Waals surface area contributed by atoms with E-state index in [4.69, 9.17) is 9.84 Å². The Morgan fingerprint density at radius 2 is 2.12 bits per heavy atom. The number of hydrogen-bond acceptors (Lipinski definition) is 4. The van der Waals surface area contributed by atoms with Crippen molar-refractivity contribution in [1.29, 1.82) is 0 Å². The van der Waals surface area contributed by atoms with Crippen molar-refractivity contribution in [2.75, 3.05) is 45.9 Å². The van der Waals surface area contributed by atoms with Crippen molar-refractivity contribution in [3.05, 3.63) is 0 Å². The van der Waals surface area contributed by atoms with Crippen LogP contribution in [0.2, 0.25) is 0 Å². The van der Waals surface area contributed by atoms with Gasteiger partial charge in [-0.05, 0) is 13.5 Å². The second-order valence-electron chi connectivity index (χ2n) is 4.53. The average molecular weight is 244 g/mol. The van der Waals surface area contributed by atoms with E-state index in [0.717, 1.165) is 45.9 Å². The van der Waals surface area contributed by atoms with Gasteiger partial charge in [-0.25, -0.2) is 0 Å². The lowest BCUT2D eigenvalue weighted by atomic mass is 10.2. The number of aliphatic carboxylic acids is 1. The Morgan fingerprint density at radius 1 is 1.47 bits per heavy atom. The minimum atomic E-state index is -0.720. The average Bonchev–Trinajstić information content (AvgIpc) is 2.30. The van der Waals surface area contributed by atoms with Crippen LogP contribution in [0.25, 0.3) is 0 Å². The van der Waals surface area contributed by atoms with Crippen molar-refractivity contribution in [1.82, 2.24) is 9.80 Å². The van der Waals surface area contributed by atoms with Crippen molar-refractivity contribution in [3.63, 3.8) is 0 Å². The minimum absolute atomic E-state index is 0.110. The second-order valence-corrected chi connectivity index (χ2v) is 4.53. The molecular weight excluding hydrogens is 220 g/mol. The topological polar surface area (TPSA) is 53.0 Å². The molecule has 1 aliphatic heterocycles. The van der Waals surface area contributed by atoms with Gasteiger partial charge in [0.2, 0.25) is 0 Å². The van der Waals surface area contributed by atoms with Crippen molar-refractivity contribution in [2.45, 2.75) is 26.3 Å². The maximum atomic E-state index is 10.7. The lowest BCUT2D eigenvalue weighted by molar-refractivity contribution is -0.138. The molecular formula is C12H24N2O3. The van der Waals surface area contributed by atoms with Crippen LogP contribution in [0.3, 0.4) is 0 Å². The van der Waals surface area contributed by atoms with E-state index in [9.17, 15) is 4.79 Å². The van der Waals surface area contributed by atoms with Crippen LogP contribution >= 0.6 is 0 Å². The molecule has 0 spiro atoms. The van der Waals surface area contributed by atoms with Gasteiger partial charge in [0.1, 0.15) is 0 Å². The Balaban J connectivity index is 2.27. The number of rotatable bonds is 7. The summed E-state index contributed by atoms with van der Waals surface area (Å²) >= 11 is 0. The molecule has 0 bridgehead atoms. The monoisotopic (exact) mass is 244 g/mol.